The summed E-state index contributed by atoms with van der Waals surface area (Å²) in [4.78, 5) is 34.7. The second-order valence-electron chi connectivity index (χ2n) is 9.39. The molecule has 2 aromatic rings. The molecule has 0 bridgehead atoms. The maximum atomic E-state index is 13.1. The lowest BCUT2D eigenvalue weighted by atomic mass is 9.75. The van der Waals surface area contributed by atoms with E-state index in [1.54, 1.807) is 13.0 Å². The zero-order valence-corrected chi connectivity index (χ0v) is 21.6. The van der Waals surface area contributed by atoms with Crippen molar-refractivity contribution < 1.29 is 47.2 Å². The third-order valence-corrected chi connectivity index (χ3v) is 6.78. The van der Waals surface area contributed by atoms with Crippen LogP contribution in [0.1, 0.15) is 64.4 Å². The fraction of sp³-hybridized carbons (Fsp3) is 0.464. The van der Waals surface area contributed by atoms with Gasteiger partial charge in [-0.1, -0.05) is 37.3 Å². The molecule has 1 fully saturated rings. The fourth-order valence-electron chi connectivity index (χ4n) is 4.63. The Morgan fingerprint density at radius 1 is 1.13 bits per heavy atom. The predicted octanol–water partition coefficient (Wildman–Crippen LogP) is 3.92. The minimum atomic E-state index is -5.08. The number of aliphatic hydroxyl groups is 1. The average Bonchev–Trinajstić information content (AvgIpc) is 3.32. The number of morpholine rings is 1. The highest BCUT2D eigenvalue weighted by atomic mass is 19.4. The molecule has 2 aliphatic rings. The van der Waals surface area contributed by atoms with Crippen LogP contribution in [-0.2, 0) is 14.9 Å². The number of alkyl halides is 3. The molecule has 2 aromatic carbocycles. The van der Waals surface area contributed by atoms with Crippen molar-refractivity contribution in [3.8, 4) is 5.75 Å². The molecule has 11 heteroatoms. The first kappa shape index (κ1) is 30.3. The van der Waals surface area contributed by atoms with Crippen LogP contribution < -0.4 is 10.1 Å². The van der Waals surface area contributed by atoms with Gasteiger partial charge in [0.2, 0.25) is 0 Å². The molecule has 0 saturated carbocycles. The fourth-order valence-corrected chi connectivity index (χ4v) is 4.63. The monoisotopic (exact) mass is 551 g/mol. The number of nitrogens with one attached hydrogen (secondary N) is 1. The Balaban J connectivity index is 0.000000532. The van der Waals surface area contributed by atoms with Gasteiger partial charge in [0.1, 0.15) is 12.4 Å². The van der Waals surface area contributed by atoms with Crippen LogP contribution in [0.3, 0.4) is 0 Å². The van der Waals surface area contributed by atoms with Crippen LogP contribution in [0.15, 0.2) is 42.5 Å². The van der Waals surface area contributed by atoms with Gasteiger partial charge in [0.25, 0.3) is 0 Å². The lowest BCUT2D eigenvalue weighted by molar-refractivity contribution is -0.192. The van der Waals surface area contributed by atoms with Crippen molar-refractivity contribution in [2.75, 3.05) is 32.9 Å². The number of carboxylic acid groups (broad SMARTS) is 1. The van der Waals surface area contributed by atoms with Gasteiger partial charge in [-0.2, -0.15) is 13.2 Å². The van der Waals surface area contributed by atoms with Crippen molar-refractivity contribution in [2.24, 2.45) is 0 Å². The summed E-state index contributed by atoms with van der Waals surface area (Å²) >= 11 is 0. The number of hydrogen-bond donors (Lipinski definition) is 3. The van der Waals surface area contributed by atoms with E-state index in [1.807, 2.05) is 36.4 Å². The second-order valence-corrected chi connectivity index (χ2v) is 9.39. The smallest absolute Gasteiger partial charge is 0.490 e. The SMILES string of the molecule is CCC(=O)c1cc(C(=O)CCC[C@@H]2CNCCO2)cc2c1OCC2(CO)c1ccccc1.O=C(O)C(F)(F)F. The number of carboxylic acids is 1. The molecule has 0 spiro atoms. The van der Waals surface area contributed by atoms with Crippen LogP contribution in [0.4, 0.5) is 13.2 Å². The number of aliphatic carboxylic acids is 1. The number of hydrogen-bond acceptors (Lipinski definition) is 7. The van der Waals surface area contributed by atoms with Crippen LogP contribution in [0.2, 0.25) is 0 Å². The van der Waals surface area contributed by atoms with Crippen LogP contribution in [-0.4, -0.2) is 72.9 Å². The Labute approximate surface area is 224 Å². The van der Waals surface area contributed by atoms with E-state index in [9.17, 15) is 27.9 Å². The first-order valence-corrected chi connectivity index (χ1v) is 12.7. The average molecular weight is 552 g/mol. The van der Waals surface area contributed by atoms with Crippen molar-refractivity contribution in [1.29, 1.82) is 0 Å². The van der Waals surface area contributed by atoms with Gasteiger partial charge in [0.15, 0.2) is 11.6 Å². The number of carbonyl (C=O) groups excluding carboxylic acids is 2. The van der Waals surface area contributed by atoms with Crippen LogP contribution in [0, 0.1) is 0 Å². The summed E-state index contributed by atoms with van der Waals surface area (Å²) in [7, 11) is 0. The lowest BCUT2D eigenvalue weighted by Gasteiger charge is -2.26. The maximum absolute atomic E-state index is 13.1. The molecule has 1 saturated heterocycles. The van der Waals surface area contributed by atoms with E-state index in [4.69, 9.17) is 19.4 Å². The van der Waals surface area contributed by atoms with E-state index in [0.29, 0.717) is 41.9 Å². The largest absolute Gasteiger partial charge is 0.491 e. The summed E-state index contributed by atoms with van der Waals surface area (Å²) in [6, 6.07) is 13.1. The van der Waals surface area contributed by atoms with Crippen molar-refractivity contribution in [3.05, 3.63) is 64.7 Å². The Morgan fingerprint density at radius 3 is 2.38 bits per heavy atom. The highest BCUT2D eigenvalue weighted by molar-refractivity contribution is 6.04. The maximum Gasteiger partial charge on any atom is 0.490 e. The van der Waals surface area contributed by atoms with Crippen LogP contribution in [0.25, 0.3) is 0 Å². The van der Waals surface area contributed by atoms with E-state index in [1.165, 1.54) is 0 Å². The van der Waals surface area contributed by atoms with Gasteiger partial charge in [-0.05, 0) is 30.5 Å². The molecule has 2 aliphatic heterocycles. The first-order valence-electron chi connectivity index (χ1n) is 12.7. The highest BCUT2D eigenvalue weighted by Gasteiger charge is 2.44. The Kier molecular flexibility index (Phi) is 10.2. The van der Waals surface area contributed by atoms with E-state index >= 15 is 0 Å². The number of ketones is 2. The topological polar surface area (TPSA) is 122 Å². The number of rotatable bonds is 9. The van der Waals surface area contributed by atoms with Crippen LogP contribution in [0.5, 0.6) is 5.75 Å². The summed E-state index contributed by atoms with van der Waals surface area (Å²) in [5.41, 5.74) is 1.76. The minimum Gasteiger partial charge on any atom is -0.491 e. The quantitative estimate of drug-likeness (QED) is 0.401. The molecule has 0 aliphatic carbocycles. The molecular formula is C28H32F3NO7. The number of aliphatic hydroxyl groups excluding tert-OH is 1. The number of ether oxygens (including phenoxy) is 2. The minimum absolute atomic E-state index is 0.00600. The number of carbonyl (C=O) groups is 3. The van der Waals surface area contributed by atoms with Gasteiger partial charge in [0, 0.05) is 37.1 Å². The van der Waals surface area contributed by atoms with Crippen molar-refractivity contribution >= 4 is 17.5 Å². The summed E-state index contributed by atoms with van der Waals surface area (Å²) in [5, 5.41) is 20.9. The van der Waals surface area contributed by atoms with Gasteiger partial charge >= 0.3 is 12.1 Å². The number of halogens is 3. The lowest BCUT2D eigenvalue weighted by Crippen LogP contribution is -2.38. The normalized spacial score (nSPS) is 20.3. The van der Waals surface area contributed by atoms with E-state index < -0.39 is 17.6 Å². The Morgan fingerprint density at radius 2 is 1.82 bits per heavy atom. The van der Waals surface area contributed by atoms with Crippen molar-refractivity contribution in [1.82, 2.24) is 5.32 Å². The van der Waals surface area contributed by atoms with E-state index in [-0.39, 0.29) is 30.9 Å². The molecule has 1 unspecified atom stereocenters. The molecule has 212 valence electrons. The molecular weight excluding hydrogens is 519 g/mol. The molecule has 0 radical (unpaired) electrons. The van der Waals surface area contributed by atoms with Crippen LogP contribution >= 0.6 is 0 Å². The van der Waals surface area contributed by atoms with Gasteiger partial charge in [-0.25, -0.2) is 4.79 Å². The third-order valence-electron chi connectivity index (χ3n) is 6.78. The Hall–Kier alpha value is -3.28. The van der Waals surface area contributed by atoms with Gasteiger partial charge in [-0.3, -0.25) is 9.59 Å². The molecule has 0 amide bonds. The van der Waals surface area contributed by atoms with Crippen molar-refractivity contribution in [2.45, 2.75) is 50.3 Å². The number of fused-ring (bicyclic) bond motifs is 1. The summed E-state index contributed by atoms with van der Waals surface area (Å²) < 4.78 is 43.4. The molecule has 3 N–H and O–H groups in total. The highest BCUT2D eigenvalue weighted by Crippen LogP contribution is 2.46. The molecule has 0 aromatic heterocycles. The Bertz CT molecular complexity index is 1160. The zero-order valence-electron chi connectivity index (χ0n) is 21.6. The predicted molar refractivity (Wildman–Crippen MR) is 135 cm³/mol. The van der Waals surface area contributed by atoms with E-state index in [2.05, 4.69) is 5.32 Å². The van der Waals surface area contributed by atoms with Crippen molar-refractivity contribution in [3.63, 3.8) is 0 Å². The third kappa shape index (κ3) is 7.23. The summed E-state index contributed by atoms with van der Waals surface area (Å²) in [6.45, 7) is 4.25. The number of Topliss-reactive ketones (excluding diaryl/α,β-unsaturated/α-hetero) is 2. The first-order chi connectivity index (χ1) is 18.5. The number of benzene rings is 2. The second kappa shape index (κ2) is 13.2. The zero-order chi connectivity index (χ0) is 28.6. The summed E-state index contributed by atoms with van der Waals surface area (Å²) in [6.07, 6.45) is -2.70. The molecule has 2 heterocycles. The van der Waals surface area contributed by atoms with Gasteiger partial charge in [0.05, 0.1) is 30.3 Å². The summed E-state index contributed by atoms with van der Waals surface area (Å²) in [5.74, 6) is -2.34. The van der Waals surface area contributed by atoms with Gasteiger partial charge in [-0.15, -0.1) is 0 Å². The molecule has 8 nitrogen and oxygen atoms in total. The standard InChI is InChI=1S/C26H31NO5.C2HF3O2/c1-2-23(29)21-13-18(24(30)10-6-9-20-15-27-11-12-31-20)14-22-25(21)32-17-26(22,16-28)19-7-4-3-5-8-19;3-2(4,5)1(6)7/h3-5,7-8,13-14,20,27-28H,2,6,9-12,15-17H2,1H3;(H,6,7)/t20-,26?;/m1./s1. The molecule has 39 heavy (non-hydrogen) atoms. The molecule has 4 rings (SSSR count). The molecule has 2 atom stereocenters. The van der Waals surface area contributed by atoms with Gasteiger partial charge < -0.3 is 25.0 Å². The van der Waals surface area contributed by atoms with E-state index in [0.717, 1.165) is 31.5 Å².